The summed E-state index contributed by atoms with van der Waals surface area (Å²) < 4.78 is 16.7. The standard InChI is InChI=1S/C11H20O3S/c1-9(2)4-6-15(13)8-11(12)10-3-5-14-7-10/h9-10H,3-8H2,1-2H3. The van der Waals surface area contributed by atoms with Gasteiger partial charge in [-0.1, -0.05) is 13.8 Å². The van der Waals surface area contributed by atoms with Crippen molar-refractivity contribution in [1.82, 2.24) is 0 Å². The number of carbonyl (C=O) groups is 1. The van der Waals surface area contributed by atoms with Crippen LogP contribution < -0.4 is 0 Å². The molecule has 2 unspecified atom stereocenters. The van der Waals surface area contributed by atoms with Gasteiger partial charge in [0.2, 0.25) is 0 Å². The van der Waals surface area contributed by atoms with Crippen LogP contribution in [0.5, 0.6) is 0 Å². The number of ketones is 1. The van der Waals surface area contributed by atoms with E-state index in [1.807, 2.05) is 0 Å². The second-order valence-electron chi connectivity index (χ2n) is 4.50. The minimum Gasteiger partial charge on any atom is -0.381 e. The van der Waals surface area contributed by atoms with Gasteiger partial charge in [-0.05, 0) is 18.8 Å². The van der Waals surface area contributed by atoms with Crippen molar-refractivity contribution in [3.05, 3.63) is 0 Å². The first-order valence-electron chi connectivity index (χ1n) is 5.55. The summed E-state index contributed by atoms with van der Waals surface area (Å²) in [7, 11) is -0.972. The number of ether oxygens (including phenoxy) is 1. The molecule has 1 fully saturated rings. The summed E-state index contributed by atoms with van der Waals surface area (Å²) in [5, 5.41) is 0. The van der Waals surface area contributed by atoms with Crippen molar-refractivity contribution in [3.8, 4) is 0 Å². The van der Waals surface area contributed by atoms with Crippen LogP contribution in [0.1, 0.15) is 26.7 Å². The predicted molar refractivity (Wildman–Crippen MR) is 61.3 cm³/mol. The van der Waals surface area contributed by atoms with E-state index in [-0.39, 0.29) is 17.5 Å². The molecule has 0 aromatic heterocycles. The Morgan fingerprint density at radius 2 is 2.27 bits per heavy atom. The van der Waals surface area contributed by atoms with Gasteiger partial charge in [-0.15, -0.1) is 0 Å². The van der Waals surface area contributed by atoms with E-state index in [0.717, 1.165) is 12.8 Å². The Morgan fingerprint density at radius 3 is 2.80 bits per heavy atom. The maximum absolute atomic E-state index is 11.6. The lowest BCUT2D eigenvalue weighted by Gasteiger charge is -2.07. The second-order valence-corrected chi connectivity index (χ2v) is 6.07. The Balaban J connectivity index is 2.21. The van der Waals surface area contributed by atoms with Crippen LogP contribution in [0.25, 0.3) is 0 Å². The Morgan fingerprint density at radius 1 is 1.53 bits per heavy atom. The van der Waals surface area contributed by atoms with Gasteiger partial charge < -0.3 is 4.74 Å². The largest absolute Gasteiger partial charge is 0.381 e. The minimum atomic E-state index is -0.972. The van der Waals surface area contributed by atoms with E-state index in [0.29, 0.717) is 24.9 Å². The van der Waals surface area contributed by atoms with Crippen molar-refractivity contribution in [2.75, 3.05) is 24.7 Å². The van der Waals surface area contributed by atoms with Crippen molar-refractivity contribution in [3.63, 3.8) is 0 Å². The molecule has 3 nitrogen and oxygen atoms in total. The van der Waals surface area contributed by atoms with Gasteiger partial charge in [0, 0.05) is 29.1 Å². The Kier molecular flexibility index (Phi) is 5.47. The van der Waals surface area contributed by atoms with Crippen molar-refractivity contribution >= 4 is 16.6 Å². The fraction of sp³-hybridized carbons (Fsp3) is 0.909. The molecule has 1 aliphatic rings. The van der Waals surface area contributed by atoms with E-state index in [1.165, 1.54) is 0 Å². The Bertz CT molecular complexity index is 232. The van der Waals surface area contributed by atoms with Gasteiger partial charge in [0.15, 0.2) is 5.78 Å². The quantitative estimate of drug-likeness (QED) is 0.695. The van der Waals surface area contributed by atoms with Crippen molar-refractivity contribution in [2.45, 2.75) is 26.7 Å². The molecule has 0 radical (unpaired) electrons. The molecule has 0 spiro atoms. The lowest BCUT2D eigenvalue weighted by atomic mass is 10.1. The van der Waals surface area contributed by atoms with Gasteiger partial charge >= 0.3 is 0 Å². The fourth-order valence-electron chi connectivity index (χ4n) is 1.50. The zero-order valence-electron chi connectivity index (χ0n) is 9.53. The number of hydrogen-bond acceptors (Lipinski definition) is 3. The van der Waals surface area contributed by atoms with Crippen LogP contribution in [0, 0.1) is 11.8 Å². The zero-order valence-corrected chi connectivity index (χ0v) is 10.3. The van der Waals surface area contributed by atoms with Crippen LogP contribution in [0.3, 0.4) is 0 Å². The Labute approximate surface area is 94.0 Å². The molecule has 0 saturated carbocycles. The monoisotopic (exact) mass is 232 g/mol. The molecule has 4 heteroatoms. The van der Waals surface area contributed by atoms with E-state index in [9.17, 15) is 9.00 Å². The van der Waals surface area contributed by atoms with E-state index in [1.54, 1.807) is 0 Å². The predicted octanol–water partition coefficient (Wildman–Crippen LogP) is 1.39. The van der Waals surface area contributed by atoms with Crippen molar-refractivity contribution in [2.24, 2.45) is 11.8 Å². The highest BCUT2D eigenvalue weighted by molar-refractivity contribution is 7.85. The van der Waals surface area contributed by atoms with Crippen LogP contribution in [0.15, 0.2) is 0 Å². The van der Waals surface area contributed by atoms with E-state index in [4.69, 9.17) is 4.74 Å². The van der Waals surface area contributed by atoms with E-state index in [2.05, 4.69) is 13.8 Å². The average molecular weight is 232 g/mol. The molecule has 1 aliphatic heterocycles. The smallest absolute Gasteiger partial charge is 0.150 e. The summed E-state index contributed by atoms with van der Waals surface area (Å²) in [6, 6.07) is 0. The van der Waals surface area contributed by atoms with Crippen molar-refractivity contribution in [1.29, 1.82) is 0 Å². The lowest BCUT2D eigenvalue weighted by Crippen LogP contribution is -2.22. The maximum atomic E-state index is 11.6. The topological polar surface area (TPSA) is 43.4 Å². The minimum absolute atomic E-state index is 0.00741. The average Bonchev–Trinajstić information content (AvgIpc) is 2.67. The molecule has 2 atom stereocenters. The van der Waals surface area contributed by atoms with Gasteiger partial charge in [-0.2, -0.15) is 0 Å². The summed E-state index contributed by atoms with van der Waals surface area (Å²) in [5.74, 6) is 1.55. The summed E-state index contributed by atoms with van der Waals surface area (Å²) in [6.45, 7) is 5.41. The summed E-state index contributed by atoms with van der Waals surface area (Å²) in [6.07, 6.45) is 1.74. The van der Waals surface area contributed by atoms with Crippen molar-refractivity contribution < 1.29 is 13.7 Å². The third-order valence-electron chi connectivity index (χ3n) is 2.61. The third-order valence-corrected chi connectivity index (χ3v) is 3.91. The number of Topliss-reactive ketones (excluding diaryl/α,β-unsaturated/α-hetero) is 1. The third kappa shape index (κ3) is 4.89. The van der Waals surface area contributed by atoms with Gasteiger partial charge in [0.05, 0.1) is 12.4 Å². The SMILES string of the molecule is CC(C)CCS(=O)CC(=O)C1CCOC1. The van der Waals surface area contributed by atoms with Crippen LogP contribution in [0.4, 0.5) is 0 Å². The molecule has 88 valence electrons. The van der Waals surface area contributed by atoms with Crippen LogP contribution in [-0.4, -0.2) is 34.7 Å². The molecule has 0 bridgehead atoms. The first kappa shape index (κ1) is 12.8. The highest BCUT2D eigenvalue weighted by Crippen LogP contribution is 2.14. The van der Waals surface area contributed by atoms with Crippen LogP contribution in [-0.2, 0) is 20.3 Å². The van der Waals surface area contributed by atoms with E-state index < -0.39 is 10.8 Å². The molecule has 0 amide bonds. The highest BCUT2D eigenvalue weighted by Gasteiger charge is 2.24. The second kappa shape index (κ2) is 6.38. The number of rotatable bonds is 6. The molecule has 0 aromatic carbocycles. The first-order chi connectivity index (χ1) is 7.09. The van der Waals surface area contributed by atoms with Crippen LogP contribution >= 0.6 is 0 Å². The van der Waals surface area contributed by atoms with Gasteiger partial charge in [0.1, 0.15) is 0 Å². The number of hydrogen-bond donors (Lipinski definition) is 0. The Hall–Kier alpha value is -0.220. The van der Waals surface area contributed by atoms with Gasteiger partial charge in [0.25, 0.3) is 0 Å². The normalized spacial score (nSPS) is 23.3. The molecular formula is C11H20O3S. The lowest BCUT2D eigenvalue weighted by molar-refractivity contribution is -0.120. The summed E-state index contributed by atoms with van der Waals surface area (Å²) in [5.41, 5.74) is 0. The maximum Gasteiger partial charge on any atom is 0.150 e. The van der Waals surface area contributed by atoms with E-state index >= 15 is 0 Å². The van der Waals surface area contributed by atoms with Gasteiger partial charge in [-0.25, -0.2) is 0 Å². The zero-order chi connectivity index (χ0) is 11.3. The first-order valence-corrected chi connectivity index (χ1v) is 7.04. The molecule has 0 aromatic rings. The fourth-order valence-corrected chi connectivity index (χ4v) is 2.94. The van der Waals surface area contributed by atoms with Crippen LogP contribution in [0.2, 0.25) is 0 Å². The molecule has 1 heterocycles. The molecular weight excluding hydrogens is 212 g/mol. The summed E-state index contributed by atoms with van der Waals surface area (Å²) >= 11 is 0. The summed E-state index contributed by atoms with van der Waals surface area (Å²) in [4.78, 5) is 11.6. The molecule has 0 N–H and O–H groups in total. The molecule has 15 heavy (non-hydrogen) atoms. The molecule has 0 aliphatic carbocycles. The molecule has 1 saturated heterocycles. The molecule has 1 rings (SSSR count). The number of carbonyl (C=O) groups excluding carboxylic acids is 1. The highest BCUT2D eigenvalue weighted by atomic mass is 32.2. The van der Waals surface area contributed by atoms with Gasteiger partial charge in [-0.3, -0.25) is 9.00 Å².